The van der Waals surface area contributed by atoms with Crippen molar-refractivity contribution in [3.8, 4) is 0 Å². The zero-order valence-corrected chi connectivity index (χ0v) is 18.2. The zero-order chi connectivity index (χ0) is 20.5. The van der Waals surface area contributed by atoms with Gasteiger partial charge in [-0.15, -0.1) is 0 Å². The van der Waals surface area contributed by atoms with Crippen LogP contribution >= 0.6 is 0 Å². The van der Waals surface area contributed by atoms with Crippen molar-refractivity contribution >= 4 is 11.8 Å². The van der Waals surface area contributed by atoms with Gasteiger partial charge in [0, 0.05) is 30.7 Å². The molecule has 6 heteroatoms. The summed E-state index contributed by atoms with van der Waals surface area (Å²) in [6, 6.07) is 0.956. The zero-order valence-electron chi connectivity index (χ0n) is 18.2. The lowest BCUT2D eigenvalue weighted by atomic mass is 9.89. The summed E-state index contributed by atoms with van der Waals surface area (Å²) >= 11 is 0. The Hall–Kier alpha value is -1.14. The molecule has 29 heavy (non-hydrogen) atoms. The smallest absolute Gasteiger partial charge is 0.237 e. The Morgan fingerprint density at radius 2 is 1.79 bits per heavy atom. The maximum absolute atomic E-state index is 13.2. The number of hydrogen-bond acceptors (Lipinski definition) is 4. The minimum atomic E-state index is -0.212. The van der Waals surface area contributed by atoms with E-state index in [4.69, 9.17) is 0 Å². The van der Waals surface area contributed by atoms with Crippen molar-refractivity contribution in [3.63, 3.8) is 0 Å². The van der Waals surface area contributed by atoms with E-state index < -0.39 is 0 Å². The minimum absolute atomic E-state index is 0.0346. The van der Waals surface area contributed by atoms with Crippen LogP contribution in [-0.4, -0.2) is 70.1 Å². The van der Waals surface area contributed by atoms with Gasteiger partial charge in [-0.05, 0) is 57.3 Å². The molecule has 4 aliphatic rings. The molecule has 4 rings (SSSR count). The highest BCUT2D eigenvalue weighted by molar-refractivity contribution is 5.85. The summed E-state index contributed by atoms with van der Waals surface area (Å²) < 4.78 is 0. The second kappa shape index (κ2) is 8.93. The molecule has 2 heterocycles. The van der Waals surface area contributed by atoms with Gasteiger partial charge in [-0.3, -0.25) is 14.5 Å². The first-order valence-corrected chi connectivity index (χ1v) is 12.0. The summed E-state index contributed by atoms with van der Waals surface area (Å²) in [4.78, 5) is 30.9. The van der Waals surface area contributed by atoms with Crippen molar-refractivity contribution in [2.24, 2.45) is 11.8 Å². The molecule has 0 aromatic heterocycles. The molecule has 2 saturated heterocycles. The Morgan fingerprint density at radius 3 is 2.45 bits per heavy atom. The molecule has 0 radical (unpaired) electrons. The highest BCUT2D eigenvalue weighted by Gasteiger charge is 2.50. The number of amides is 2. The molecule has 2 amide bonds. The van der Waals surface area contributed by atoms with Gasteiger partial charge in [0.25, 0.3) is 0 Å². The van der Waals surface area contributed by atoms with E-state index >= 15 is 0 Å². The fourth-order valence-corrected chi connectivity index (χ4v) is 6.29. The van der Waals surface area contributed by atoms with Crippen LogP contribution in [0.5, 0.6) is 0 Å². The van der Waals surface area contributed by atoms with E-state index in [9.17, 15) is 14.7 Å². The maximum Gasteiger partial charge on any atom is 0.237 e. The van der Waals surface area contributed by atoms with Crippen molar-refractivity contribution in [2.45, 2.75) is 108 Å². The number of nitrogens with one attached hydrogen (secondary N) is 1. The van der Waals surface area contributed by atoms with Crippen molar-refractivity contribution in [2.75, 3.05) is 13.1 Å². The largest absolute Gasteiger partial charge is 0.393 e. The monoisotopic (exact) mass is 405 g/mol. The lowest BCUT2D eigenvalue weighted by Crippen LogP contribution is -2.58. The molecule has 0 unspecified atom stereocenters. The Balaban J connectivity index is 1.45. The van der Waals surface area contributed by atoms with Gasteiger partial charge in [0.1, 0.15) is 0 Å². The standard InChI is InChI=1S/C23H39N3O3/c1-15(2)11-21-20(23(29)24-16-7-9-19(27)10-8-16)12-18-13-25(14-22(28)26(18)21)17-5-3-4-6-17/h15-21,27H,3-14H2,1-2H3,(H,24,29)/t16?,18-,19?,20-,21-/m1/s1. The molecule has 0 aromatic rings. The van der Waals surface area contributed by atoms with Crippen molar-refractivity contribution in [1.29, 1.82) is 0 Å². The Kier molecular flexibility index (Phi) is 6.50. The molecule has 4 fully saturated rings. The quantitative estimate of drug-likeness (QED) is 0.736. The van der Waals surface area contributed by atoms with Crippen LogP contribution in [0.4, 0.5) is 0 Å². The summed E-state index contributed by atoms with van der Waals surface area (Å²) in [5.74, 6) is 0.725. The van der Waals surface area contributed by atoms with Gasteiger partial charge in [0.15, 0.2) is 0 Å². The third kappa shape index (κ3) is 4.63. The second-order valence-electron chi connectivity index (χ2n) is 10.4. The SMILES string of the molecule is CC(C)C[C@@H]1[C@H](C(=O)NC2CCC(O)CC2)C[C@@H]2CN(C3CCCC3)CC(=O)N21. The van der Waals surface area contributed by atoms with Crippen molar-refractivity contribution in [3.05, 3.63) is 0 Å². The fourth-order valence-electron chi connectivity index (χ4n) is 6.29. The number of piperazine rings is 1. The van der Waals surface area contributed by atoms with Crippen LogP contribution in [0.1, 0.15) is 78.1 Å². The van der Waals surface area contributed by atoms with E-state index in [0.29, 0.717) is 18.5 Å². The molecule has 2 N–H and O–H groups in total. The number of hydrogen-bond donors (Lipinski definition) is 2. The highest BCUT2D eigenvalue weighted by Crippen LogP contribution is 2.38. The number of rotatable bonds is 5. The summed E-state index contributed by atoms with van der Waals surface area (Å²) in [6.07, 6.45) is 9.73. The van der Waals surface area contributed by atoms with E-state index in [1.165, 1.54) is 25.7 Å². The topological polar surface area (TPSA) is 72.9 Å². The van der Waals surface area contributed by atoms with E-state index in [-0.39, 0.29) is 42.0 Å². The van der Waals surface area contributed by atoms with Crippen LogP contribution in [0.15, 0.2) is 0 Å². The maximum atomic E-state index is 13.2. The van der Waals surface area contributed by atoms with Gasteiger partial charge in [-0.2, -0.15) is 0 Å². The Morgan fingerprint density at radius 1 is 1.10 bits per heavy atom. The first-order valence-electron chi connectivity index (χ1n) is 12.0. The van der Waals surface area contributed by atoms with Gasteiger partial charge in [-0.1, -0.05) is 26.7 Å². The van der Waals surface area contributed by atoms with E-state index in [1.54, 1.807) is 0 Å². The average Bonchev–Trinajstić information content (AvgIpc) is 3.32. The van der Waals surface area contributed by atoms with Crippen LogP contribution in [0.2, 0.25) is 0 Å². The van der Waals surface area contributed by atoms with Crippen LogP contribution in [-0.2, 0) is 9.59 Å². The van der Waals surface area contributed by atoms with Crippen molar-refractivity contribution < 1.29 is 14.7 Å². The van der Waals surface area contributed by atoms with Gasteiger partial charge in [0.05, 0.1) is 18.6 Å². The summed E-state index contributed by atoms with van der Waals surface area (Å²) in [5, 5.41) is 13.0. The van der Waals surface area contributed by atoms with E-state index in [0.717, 1.165) is 45.1 Å². The molecule has 2 aliphatic heterocycles. The van der Waals surface area contributed by atoms with Gasteiger partial charge in [-0.25, -0.2) is 0 Å². The normalized spacial score (nSPS) is 36.6. The van der Waals surface area contributed by atoms with E-state index in [2.05, 4.69) is 29.0 Å². The lowest BCUT2D eigenvalue weighted by molar-refractivity contribution is -0.142. The van der Waals surface area contributed by atoms with E-state index in [1.807, 2.05) is 0 Å². The molecular weight excluding hydrogens is 366 g/mol. The molecule has 0 bridgehead atoms. The number of carbonyl (C=O) groups excluding carboxylic acids is 2. The van der Waals surface area contributed by atoms with Crippen molar-refractivity contribution in [1.82, 2.24) is 15.1 Å². The molecule has 6 nitrogen and oxygen atoms in total. The molecule has 2 saturated carbocycles. The lowest BCUT2D eigenvalue weighted by Gasteiger charge is -2.42. The third-order valence-corrected chi connectivity index (χ3v) is 7.75. The Labute approximate surface area is 175 Å². The molecule has 0 aromatic carbocycles. The third-order valence-electron chi connectivity index (χ3n) is 7.75. The van der Waals surface area contributed by atoms with Gasteiger partial charge in [0.2, 0.25) is 11.8 Å². The first kappa shape index (κ1) is 21.1. The molecular formula is C23H39N3O3. The van der Waals surface area contributed by atoms with Crippen LogP contribution in [0, 0.1) is 11.8 Å². The highest BCUT2D eigenvalue weighted by atomic mass is 16.3. The molecule has 3 atom stereocenters. The molecule has 0 spiro atoms. The van der Waals surface area contributed by atoms with Crippen LogP contribution in [0.3, 0.4) is 0 Å². The number of aliphatic hydroxyl groups excluding tert-OH is 1. The minimum Gasteiger partial charge on any atom is -0.393 e. The molecule has 164 valence electrons. The average molecular weight is 406 g/mol. The summed E-state index contributed by atoms with van der Waals surface area (Å²) in [5.41, 5.74) is 0. The number of fused-ring (bicyclic) bond motifs is 1. The molecule has 2 aliphatic carbocycles. The predicted molar refractivity (Wildman–Crippen MR) is 112 cm³/mol. The van der Waals surface area contributed by atoms with Crippen LogP contribution in [0.25, 0.3) is 0 Å². The number of aliphatic hydroxyl groups is 1. The van der Waals surface area contributed by atoms with Crippen LogP contribution < -0.4 is 5.32 Å². The van der Waals surface area contributed by atoms with Gasteiger partial charge >= 0.3 is 0 Å². The number of nitrogens with zero attached hydrogens (tertiary/aromatic N) is 2. The number of carbonyl (C=O) groups is 2. The predicted octanol–water partition coefficient (Wildman–Crippen LogP) is 2.30. The Bertz CT molecular complexity index is 596. The fraction of sp³-hybridized carbons (Fsp3) is 0.913. The summed E-state index contributed by atoms with van der Waals surface area (Å²) in [7, 11) is 0. The first-order chi connectivity index (χ1) is 13.9. The summed E-state index contributed by atoms with van der Waals surface area (Å²) in [6.45, 7) is 5.84. The second-order valence-corrected chi connectivity index (χ2v) is 10.4. The van der Waals surface area contributed by atoms with Gasteiger partial charge < -0.3 is 15.3 Å².